The van der Waals surface area contributed by atoms with Gasteiger partial charge in [0.2, 0.25) is 10.0 Å². The van der Waals surface area contributed by atoms with Crippen molar-refractivity contribution in [1.82, 2.24) is 4.98 Å². The Kier molecular flexibility index (Phi) is 2.77. The lowest BCUT2D eigenvalue weighted by atomic mass is 10.2. The molecule has 15 heavy (non-hydrogen) atoms. The molecule has 0 unspecified atom stereocenters. The molecule has 1 aromatic rings. The Hall–Kier alpha value is -1.48. The Morgan fingerprint density at radius 2 is 1.93 bits per heavy atom. The quantitative estimate of drug-likeness (QED) is 0.647. The Morgan fingerprint density at radius 1 is 1.40 bits per heavy atom. The van der Waals surface area contributed by atoms with Gasteiger partial charge in [-0.15, -0.1) is 0 Å². The summed E-state index contributed by atoms with van der Waals surface area (Å²) >= 11 is 0. The van der Waals surface area contributed by atoms with Crippen LogP contribution in [0.5, 0.6) is 0 Å². The molecule has 0 aromatic carbocycles. The van der Waals surface area contributed by atoms with E-state index in [0.717, 1.165) is 0 Å². The van der Waals surface area contributed by atoms with Crippen LogP contribution in [0.3, 0.4) is 0 Å². The molecular weight excluding hydrogens is 232 g/mol. The maximum Gasteiger partial charge on any atom is 0.270 e. The minimum Gasteiger partial charge on any atom is -0.385 e. The first-order valence-corrected chi connectivity index (χ1v) is 5.11. The molecule has 0 spiro atoms. The van der Waals surface area contributed by atoms with E-state index in [4.69, 9.17) is 5.73 Å². The van der Waals surface area contributed by atoms with Gasteiger partial charge in [0.15, 0.2) is 4.90 Å². The fourth-order valence-electron chi connectivity index (χ4n) is 1.04. The number of H-pyrrole nitrogens is 1. The first kappa shape index (κ1) is 11.6. The van der Waals surface area contributed by atoms with Crippen molar-refractivity contribution < 1.29 is 17.2 Å². The zero-order valence-corrected chi connectivity index (χ0v) is 8.01. The Bertz CT molecular complexity index is 537. The number of primary sulfonamides is 1. The van der Waals surface area contributed by atoms with Crippen LogP contribution in [0.15, 0.2) is 15.8 Å². The summed E-state index contributed by atoms with van der Waals surface area (Å²) in [6.07, 6.45) is -3.15. The Balaban J connectivity index is 3.71. The molecule has 6 nitrogen and oxygen atoms in total. The van der Waals surface area contributed by atoms with E-state index in [1.165, 1.54) is 0 Å². The zero-order valence-electron chi connectivity index (χ0n) is 7.20. The molecule has 0 amide bonds. The molecule has 1 rings (SSSR count). The minimum atomic E-state index is -4.51. The molecule has 0 bridgehead atoms. The van der Waals surface area contributed by atoms with Crippen LogP contribution in [-0.2, 0) is 10.0 Å². The largest absolute Gasteiger partial charge is 0.385 e. The number of aromatic amines is 1. The highest BCUT2D eigenvalue weighted by atomic mass is 32.2. The van der Waals surface area contributed by atoms with Crippen LogP contribution >= 0.6 is 0 Å². The summed E-state index contributed by atoms with van der Waals surface area (Å²) in [7, 11) is -4.51. The van der Waals surface area contributed by atoms with Crippen LogP contribution in [0.4, 0.5) is 14.6 Å². The van der Waals surface area contributed by atoms with E-state index < -0.39 is 32.5 Å². The summed E-state index contributed by atoms with van der Waals surface area (Å²) in [6.45, 7) is 0. The number of pyridine rings is 1. The van der Waals surface area contributed by atoms with Crippen molar-refractivity contribution in [2.75, 3.05) is 5.73 Å². The molecule has 0 aliphatic rings. The van der Waals surface area contributed by atoms with Crippen LogP contribution in [0.1, 0.15) is 12.0 Å². The van der Waals surface area contributed by atoms with Gasteiger partial charge in [0.05, 0.1) is 0 Å². The molecule has 0 saturated heterocycles. The van der Waals surface area contributed by atoms with Crippen molar-refractivity contribution in [1.29, 1.82) is 0 Å². The molecule has 0 saturated carbocycles. The fraction of sp³-hybridized carbons (Fsp3) is 0.167. The summed E-state index contributed by atoms with van der Waals surface area (Å²) in [5.74, 6) is -0.359. The first-order chi connectivity index (χ1) is 6.73. The van der Waals surface area contributed by atoms with E-state index in [9.17, 15) is 22.0 Å². The van der Waals surface area contributed by atoms with E-state index in [1.807, 2.05) is 4.98 Å². The molecule has 0 atom stereocenters. The second-order valence-corrected chi connectivity index (χ2v) is 4.18. The van der Waals surface area contributed by atoms with E-state index >= 15 is 0 Å². The summed E-state index contributed by atoms with van der Waals surface area (Å²) < 4.78 is 46.5. The number of alkyl halides is 2. The number of nitrogen functional groups attached to an aromatic ring is 1. The SMILES string of the molecule is Nc1cc(C(F)F)c(S(N)(=O)=O)c(=O)[nH]1. The molecule has 1 heterocycles. The molecule has 84 valence electrons. The smallest absolute Gasteiger partial charge is 0.270 e. The van der Waals surface area contributed by atoms with Gasteiger partial charge in [0, 0.05) is 5.56 Å². The summed E-state index contributed by atoms with van der Waals surface area (Å²) in [5, 5.41) is 4.62. The van der Waals surface area contributed by atoms with Gasteiger partial charge in [0.1, 0.15) is 5.82 Å². The van der Waals surface area contributed by atoms with Gasteiger partial charge < -0.3 is 10.7 Å². The maximum absolute atomic E-state index is 12.4. The molecular formula is C6H7F2N3O3S. The van der Waals surface area contributed by atoms with Crippen molar-refractivity contribution in [3.63, 3.8) is 0 Å². The number of anilines is 1. The maximum atomic E-state index is 12.4. The van der Waals surface area contributed by atoms with Gasteiger partial charge in [-0.05, 0) is 6.07 Å². The predicted molar refractivity (Wildman–Crippen MR) is 47.8 cm³/mol. The van der Waals surface area contributed by atoms with E-state index in [1.54, 1.807) is 0 Å². The summed E-state index contributed by atoms with van der Waals surface area (Å²) in [6, 6.07) is 0.659. The van der Waals surface area contributed by atoms with Crippen molar-refractivity contribution in [2.45, 2.75) is 11.3 Å². The third-order valence-corrected chi connectivity index (χ3v) is 2.55. The van der Waals surface area contributed by atoms with Gasteiger partial charge in [-0.25, -0.2) is 22.3 Å². The average Bonchev–Trinajstić information content (AvgIpc) is 1.99. The number of sulfonamides is 1. The number of hydrogen-bond acceptors (Lipinski definition) is 4. The number of nitrogens with one attached hydrogen (secondary N) is 1. The topological polar surface area (TPSA) is 119 Å². The van der Waals surface area contributed by atoms with E-state index in [0.29, 0.717) is 6.07 Å². The number of halogens is 2. The average molecular weight is 239 g/mol. The van der Waals surface area contributed by atoms with Crippen molar-refractivity contribution in [3.8, 4) is 0 Å². The van der Waals surface area contributed by atoms with Crippen LogP contribution in [0.25, 0.3) is 0 Å². The third-order valence-electron chi connectivity index (χ3n) is 1.56. The second kappa shape index (κ2) is 3.59. The minimum absolute atomic E-state index is 0.359. The molecule has 1 aromatic heterocycles. The van der Waals surface area contributed by atoms with Gasteiger partial charge in [-0.2, -0.15) is 0 Å². The van der Waals surface area contributed by atoms with Gasteiger partial charge in [-0.3, -0.25) is 4.79 Å². The fourth-order valence-corrected chi connectivity index (χ4v) is 1.83. The first-order valence-electron chi connectivity index (χ1n) is 3.57. The number of nitrogens with two attached hydrogens (primary N) is 2. The molecule has 0 radical (unpaired) electrons. The van der Waals surface area contributed by atoms with Crippen molar-refractivity contribution >= 4 is 15.8 Å². The predicted octanol–water partition coefficient (Wildman–Crippen LogP) is -0.458. The normalized spacial score (nSPS) is 12.0. The highest BCUT2D eigenvalue weighted by molar-refractivity contribution is 7.89. The van der Waals surface area contributed by atoms with Gasteiger partial charge in [-0.1, -0.05) is 0 Å². The zero-order chi connectivity index (χ0) is 11.8. The van der Waals surface area contributed by atoms with Crippen molar-refractivity contribution in [2.24, 2.45) is 5.14 Å². The second-order valence-electron chi connectivity index (χ2n) is 2.68. The molecule has 5 N–H and O–H groups in total. The molecule has 0 aliphatic heterocycles. The lowest BCUT2D eigenvalue weighted by Gasteiger charge is -2.06. The lowest BCUT2D eigenvalue weighted by molar-refractivity contribution is 0.147. The molecule has 9 heteroatoms. The van der Waals surface area contributed by atoms with Gasteiger partial charge in [0.25, 0.3) is 12.0 Å². The lowest BCUT2D eigenvalue weighted by Crippen LogP contribution is -2.26. The molecule has 0 aliphatic carbocycles. The Morgan fingerprint density at radius 3 is 2.33 bits per heavy atom. The standard InChI is InChI=1S/C6H7F2N3O3S/c7-5(8)2-1-3(9)11-6(12)4(2)15(10,13)14/h1,5H,(H3,9,11,12)(H2,10,13,14). The van der Waals surface area contributed by atoms with E-state index in [-0.39, 0.29) is 5.82 Å². The monoisotopic (exact) mass is 239 g/mol. The molecule has 0 fully saturated rings. The number of rotatable bonds is 2. The summed E-state index contributed by atoms with van der Waals surface area (Å²) in [4.78, 5) is 11.8. The van der Waals surface area contributed by atoms with Crippen LogP contribution < -0.4 is 16.4 Å². The van der Waals surface area contributed by atoms with Crippen LogP contribution in [-0.4, -0.2) is 13.4 Å². The van der Waals surface area contributed by atoms with Crippen molar-refractivity contribution in [3.05, 3.63) is 22.0 Å². The highest BCUT2D eigenvalue weighted by Gasteiger charge is 2.24. The summed E-state index contributed by atoms with van der Waals surface area (Å²) in [5.41, 5.74) is 2.83. The third kappa shape index (κ3) is 2.30. The number of hydrogen-bond donors (Lipinski definition) is 3. The number of aromatic nitrogens is 1. The highest BCUT2D eigenvalue weighted by Crippen LogP contribution is 2.23. The van der Waals surface area contributed by atoms with Crippen LogP contribution in [0, 0.1) is 0 Å². The van der Waals surface area contributed by atoms with Gasteiger partial charge >= 0.3 is 0 Å². The Labute approximate surface area is 82.9 Å². The van der Waals surface area contributed by atoms with Crippen LogP contribution in [0.2, 0.25) is 0 Å². The van der Waals surface area contributed by atoms with E-state index in [2.05, 4.69) is 5.14 Å².